The van der Waals surface area contributed by atoms with E-state index >= 15 is 0 Å². The minimum atomic E-state index is -0.0198. The molecule has 2 aliphatic rings. The van der Waals surface area contributed by atoms with Crippen molar-refractivity contribution >= 4 is 5.91 Å². The predicted molar refractivity (Wildman–Crippen MR) is 105 cm³/mol. The molecular formula is C23H27NO3. The molecule has 1 amide bonds. The zero-order valence-corrected chi connectivity index (χ0v) is 15.9. The highest BCUT2D eigenvalue weighted by Crippen LogP contribution is 2.44. The van der Waals surface area contributed by atoms with Crippen molar-refractivity contribution in [3.63, 3.8) is 0 Å². The average molecular weight is 365 g/mol. The molecule has 0 bridgehead atoms. The van der Waals surface area contributed by atoms with E-state index in [1.807, 2.05) is 24.3 Å². The van der Waals surface area contributed by atoms with Crippen LogP contribution in [-0.2, 0) is 23.1 Å². The molecule has 1 saturated carbocycles. The quantitative estimate of drug-likeness (QED) is 0.847. The average Bonchev–Trinajstić information content (AvgIpc) is 3.36. The molecule has 4 nitrogen and oxygen atoms in total. The van der Waals surface area contributed by atoms with Gasteiger partial charge in [-0.2, -0.15) is 0 Å². The normalized spacial score (nSPS) is 17.2. The van der Waals surface area contributed by atoms with Crippen LogP contribution < -0.4 is 14.8 Å². The molecule has 2 aromatic carbocycles. The molecule has 1 aliphatic heterocycles. The summed E-state index contributed by atoms with van der Waals surface area (Å²) in [7, 11) is 1.72. The minimum Gasteiger partial charge on any atom is -0.496 e. The van der Waals surface area contributed by atoms with Gasteiger partial charge in [0.15, 0.2) is 0 Å². The fraction of sp³-hybridized carbons (Fsp3) is 0.435. The van der Waals surface area contributed by atoms with Gasteiger partial charge in [0.1, 0.15) is 11.5 Å². The summed E-state index contributed by atoms with van der Waals surface area (Å²) in [6.45, 7) is 1.41. The Kier molecular flexibility index (Phi) is 5.06. The van der Waals surface area contributed by atoms with E-state index < -0.39 is 0 Å². The lowest BCUT2D eigenvalue weighted by atomic mass is 9.78. The number of ether oxygens (including phenoxy) is 2. The Bertz CT molecular complexity index is 824. The SMILES string of the molecule is COc1ccccc1C1(CNC(=O)Cc2ccc3c(c2)CCO3)CCCC1. The summed E-state index contributed by atoms with van der Waals surface area (Å²) >= 11 is 0. The van der Waals surface area contributed by atoms with Crippen molar-refractivity contribution in [2.75, 3.05) is 20.3 Å². The standard InChI is InChI=1S/C23H27NO3/c1-26-21-7-3-2-6-19(21)23(11-4-5-12-23)16-24-22(25)15-17-8-9-20-18(14-17)10-13-27-20/h2-3,6-9,14H,4-5,10-13,15-16H2,1H3,(H,24,25). The van der Waals surface area contributed by atoms with Gasteiger partial charge in [-0.15, -0.1) is 0 Å². The van der Waals surface area contributed by atoms with Crippen LogP contribution in [-0.4, -0.2) is 26.2 Å². The third-order valence-corrected chi connectivity index (χ3v) is 5.98. The highest BCUT2D eigenvalue weighted by molar-refractivity contribution is 5.79. The Morgan fingerprint density at radius 2 is 2.00 bits per heavy atom. The molecule has 4 rings (SSSR count). The van der Waals surface area contributed by atoms with Crippen molar-refractivity contribution in [1.82, 2.24) is 5.32 Å². The van der Waals surface area contributed by atoms with Crippen LogP contribution in [0.3, 0.4) is 0 Å². The summed E-state index contributed by atoms with van der Waals surface area (Å²) in [4.78, 5) is 12.6. The zero-order valence-electron chi connectivity index (χ0n) is 15.9. The molecular weight excluding hydrogens is 338 g/mol. The van der Waals surface area contributed by atoms with Crippen molar-refractivity contribution < 1.29 is 14.3 Å². The number of nitrogens with one attached hydrogen (secondary N) is 1. The van der Waals surface area contributed by atoms with Crippen LogP contribution in [0.2, 0.25) is 0 Å². The van der Waals surface area contributed by atoms with Gasteiger partial charge >= 0.3 is 0 Å². The molecule has 1 heterocycles. The molecule has 142 valence electrons. The van der Waals surface area contributed by atoms with Gasteiger partial charge in [-0.25, -0.2) is 0 Å². The van der Waals surface area contributed by atoms with E-state index in [0.717, 1.165) is 42.9 Å². The van der Waals surface area contributed by atoms with E-state index in [1.54, 1.807) is 7.11 Å². The van der Waals surface area contributed by atoms with E-state index in [4.69, 9.17) is 9.47 Å². The van der Waals surface area contributed by atoms with E-state index in [0.29, 0.717) is 13.0 Å². The van der Waals surface area contributed by atoms with Gasteiger partial charge in [0.2, 0.25) is 5.91 Å². The molecule has 27 heavy (non-hydrogen) atoms. The number of para-hydroxylation sites is 1. The first-order valence-electron chi connectivity index (χ1n) is 9.85. The van der Waals surface area contributed by atoms with Gasteiger partial charge in [-0.3, -0.25) is 4.79 Å². The van der Waals surface area contributed by atoms with E-state index in [-0.39, 0.29) is 11.3 Å². The maximum atomic E-state index is 12.6. The van der Waals surface area contributed by atoms with Crippen LogP contribution >= 0.6 is 0 Å². The van der Waals surface area contributed by atoms with Gasteiger partial charge in [0.25, 0.3) is 0 Å². The third kappa shape index (κ3) is 3.66. The highest BCUT2D eigenvalue weighted by atomic mass is 16.5. The molecule has 1 aliphatic carbocycles. The molecule has 0 aromatic heterocycles. The number of carbonyl (C=O) groups is 1. The zero-order chi connectivity index (χ0) is 18.7. The number of hydrogen-bond donors (Lipinski definition) is 1. The first-order chi connectivity index (χ1) is 13.2. The Balaban J connectivity index is 1.45. The summed E-state index contributed by atoms with van der Waals surface area (Å²) in [5.41, 5.74) is 3.46. The van der Waals surface area contributed by atoms with E-state index in [9.17, 15) is 4.79 Å². The van der Waals surface area contributed by atoms with Crippen molar-refractivity contribution in [2.45, 2.75) is 43.9 Å². The van der Waals surface area contributed by atoms with Crippen molar-refractivity contribution in [3.8, 4) is 11.5 Å². The number of hydrogen-bond acceptors (Lipinski definition) is 3. The minimum absolute atomic E-state index is 0.0198. The summed E-state index contributed by atoms with van der Waals surface area (Å²) < 4.78 is 11.1. The lowest BCUT2D eigenvalue weighted by Gasteiger charge is -2.31. The maximum absolute atomic E-state index is 12.6. The first-order valence-corrected chi connectivity index (χ1v) is 9.85. The highest BCUT2D eigenvalue weighted by Gasteiger charge is 2.38. The Morgan fingerprint density at radius 3 is 2.81 bits per heavy atom. The summed E-state index contributed by atoms with van der Waals surface area (Å²) in [5, 5.41) is 3.21. The summed E-state index contributed by atoms with van der Waals surface area (Å²) in [6.07, 6.45) is 5.90. The van der Waals surface area contributed by atoms with Gasteiger partial charge in [-0.05, 0) is 36.1 Å². The molecule has 4 heteroatoms. The van der Waals surface area contributed by atoms with Gasteiger partial charge in [-0.1, -0.05) is 43.2 Å². The largest absolute Gasteiger partial charge is 0.496 e. The van der Waals surface area contributed by atoms with E-state index in [2.05, 4.69) is 23.5 Å². The van der Waals surface area contributed by atoms with Gasteiger partial charge in [0, 0.05) is 23.9 Å². The van der Waals surface area contributed by atoms with Crippen molar-refractivity contribution in [2.24, 2.45) is 0 Å². The second-order valence-corrected chi connectivity index (χ2v) is 7.68. The van der Waals surface area contributed by atoms with Crippen molar-refractivity contribution in [1.29, 1.82) is 0 Å². The number of fused-ring (bicyclic) bond motifs is 1. The number of carbonyl (C=O) groups excluding carboxylic acids is 1. The van der Waals surface area contributed by atoms with Crippen LogP contribution in [0.15, 0.2) is 42.5 Å². The molecule has 0 spiro atoms. The second-order valence-electron chi connectivity index (χ2n) is 7.68. The lowest BCUT2D eigenvalue weighted by molar-refractivity contribution is -0.120. The van der Waals surface area contributed by atoms with E-state index in [1.165, 1.54) is 24.0 Å². The number of amides is 1. The Hall–Kier alpha value is -2.49. The maximum Gasteiger partial charge on any atom is 0.224 e. The topological polar surface area (TPSA) is 47.6 Å². The predicted octanol–water partition coefficient (Wildman–Crippen LogP) is 3.80. The molecule has 0 saturated heterocycles. The Labute approximate surface area is 160 Å². The van der Waals surface area contributed by atoms with Gasteiger partial charge in [0.05, 0.1) is 20.1 Å². The number of methoxy groups -OCH3 is 1. The van der Waals surface area contributed by atoms with Crippen LogP contribution in [0.25, 0.3) is 0 Å². The fourth-order valence-corrected chi connectivity index (χ4v) is 4.54. The van der Waals surface area contributed by atoms with Crippen LogP contribution in [0.1, 0.15) is 42.4 Å². The molecule has 2 aromatic rings. The fourth-order valence-electron chi connectivity index (χ4n) is 4.54. The molecule has 0 atom stereocenters. The van der Waals surface area contributed by atoms with Crippen LogP contribution in [0.4, 0.5) is 0 Å². The van der Waals surface area contributed by atoms with Crippen molar-refractivity contribution in [3.05, 3.63) is 59.2 Å². The summed E-state index contributed by atoms with van der Waals surface area (Å²) in [6, 6.07) is 14.3. The number of benzene rings is 2. The Morgan fingerprint density at radius 1 is 1.19 bits per heavy atom. The smallest absolute Gasteiger partial charge is 0.224 e. The molecule has 0 unspecified atom stereocenters. The van der Waals surface area contributed by atoms with Crippen LogP contribution in [0.5, 0.6) is 11.5 Å². The van der Waals surface area contributed by atoms with Crippen LogP contribution in [0, 0.1) is 0 Å². The number of rotatable bonds is 6. The van der Waals surface area contributed by atoms with Gasteiger partial charge < -0.3 is 14.8 Å². The molecule has 1 N–H and O–H groups in total. The third-order valence-electron chi connectivity index (χ3n) is 5.98. The molecule has 0 radical (unpaired) electrons. The first kappa shape index (κ1) is 17.9. The molecule has 1 fully saturated rings. The summed E-state index contributed by atoms with van der Waals surface area (Å²) in [5.74, 6) is 1.96. The second kappa shape index (κ2) is 7.63. The lowest BCUT2D eigenvalue weighted by Crippen LogP contribution is -2.39. The monoisotopic (exact) mass is 365 g/mol.